The first-order valence-electron chi connectivity index (χ1n) is 5.91. The van der Waals surface area contributed by atoms with E-state index in [9.17, 15) is 0 Å². The number of allylic oxidation sites excluding steroid dienone is 3. The van der Waals surface area contributed by atoms with Crippen LogP contribution in [0, 0.1) is 5.92 Å². The standard InChI is InChI=1S/C14H22N2/c1-4-5-8-15-12-13(2)11-14-6-9-16(3)10-7-14/h4-5,8,11-13H,1,6-7,9-10H2,2-3H3/b8-5-,15-12?. The Balaban J connectivity index is 2.40. The van der Waals surface area contributed by atoms with Crippen molar-refractivity contribution in [2.45, 2.75) is 19.8 Å². The van der Waals surface area contributed by atoms with Crippen molar-refractivity contribution in [1.82, 2.24) is 4.90 Å². The predicted molar refractivity (Wildman–Crippen MR) is 71.8 cm³/mol. The molecule has 0 N–H and O–H groups in total. The van der Waals surface area contributed by atoms with E-state index in [4.69, 9.17) is 0 Å². The van der Waals surface area contributed by atoms with Gasteiger partial charge in [0.2, 0.25) is 0 Å². The molecule has 0 aromatic heterocycles. The van der Waals surface area contributed by atoms with Crippen LogP contribution in [0.3, 0.4) is 0 Å². The molecule has 1 saturated heterocycles. The van der Waals surface area contributed by atoms with Gasteiger partial charge < -0.3 is 4.90 Å². The summed E-state index contributed by atoms with van der Waals surface area (Å²) in [6, 6.07) is 0. The summed E-state index contributed by atoms with van der Waals surface area (Å²) in [5, 5.41) is 0. The molecule has 1 fully saturated rings. The minimum atomic E-state index is 0.424. The highest BCUT2D eigenvalue weighted by atomic mass is 15.1. The Morgan fingerprint density at radius 1 is 1.38 bits per heavy atom. The van der Waals surface area contributed by atoms with E-state index in [0.717, 1.165) is 0 Å². The van der Waals surface area contributed by atoms with E-state index in [1.807, 2.05) is 12.3 Å². The Morgan fingerprint density at radius 3 is 2.69 bits per heavy atom. The zero-order chi connectivity index (χ0) is 11.8. The van der Waals surface area contributed by atoms with E-state index >= 15 is 0 Å². The van der Waals surface area contributed by atoms with Crippen molar-refractivity contribution in [3.63, 3.8) is 0 Å². The second-order valence-corrected chi connectivity index (χ2v) is 4.36. The molecule has 2 nitrogen and oxygen atoms in total. The molecule has 0 amide bonds. The Morgan fingerprint density at radius 2 is 2.06 bits per heavy atom. The number of piperidine rings is 1. The molecule has 2 heteroatoms. The highest BCUT2D eigenvalue weighted by Crippen LogP contribution is 2.16. The van der Waals surface area contributed by atoms with Crippen LogP contribution in [0.2, 0.25) is 0 Å². The maximum Gasteiger partial charge on any atom is 0.0263 e. The van der Waals surface area contributed by atoms with Gasteiger partial charge in [-0.2, -0.15) is 0 Å². The molecule has 0 aliphatic carbocycles. The quantitative estimate of drug-likeness (QED) is 0.402. The van der Waals surface area contributed by atoms with Crippen molar-refractivity contribution in [3.05, 3.63) is 36.6 Å². The average molecular weight is 218 g/mol. The first-order chi connectivity index (χ1) is 7.72. The van der Waals surface area contributed by atoms with E-state index in [-0.39, 0.29) is 0 Å². The third kappa shape index (κ3) is 5.08. The molecule has 1 rings (SSSR count). The number of aliphatic imine (C=N–C) groups is 1. The van der Waals surface area contributed by atoms with Crippen LogP contribution < -0.4 is 0 Å². The number of hydrogen-bond acceptors (Lipinski definition) is 2. The molecule has 88 valence electrons. The van der Waals surface area contributed by atoms with Gasteiger partial charge in [0.15, 0.2) is 0 Å². The second-order valence-electron chi connectivity index (χ2n) is 4.36. The summed E-state index contributed by atoms with van der Waals surface area (Å²) in [6.45, 7) is 8.15. The van der Waals surface area contributed by atoms with E-state index in [2.05, 4.69) is 36.5 Å². The van der Waals surface area contributed by atoms with Gasteiger partial charge in [0.25, 0.3) is 0 Å². The lowest BCUT2D eigenvalue weighted by Crippen LogP contribution is -2.26. The maximum atomic E-state index is 4.21. The SMILES string of the molecule is C=C/C=C\N=CC(C)C=C1CCN(C)CC1. The van der Waals surface area contributed by atoms with Gasteiger partial charge in [-0.25, -0.2) is 0 Å². The molecule has 0 saturated carbocycles. The highest BCUT2D eigenvalue weighted by Gasteiger charge is 2.09. The molecule has 1 atom stereocenters. The van der Waals surface area contributed by atoms with Crippen molar-refractivity contribution in [3.8, 4) is 0 Å². The van der Waals surface area contributed by atoms with Crippen LogP contribution >= 0.6 is 0 Å². The zero-order valence-electron chi connectivity index (χ0n) is 10.4. The summed E-state index contributed by atoms with van der Waals surface area (Å²) in [6.07, 6.45) is 12.1. The normalized spacial score (nSPS) is 20.5. The van der Waals surface area contributed by atoms with Crippen molar-refractivity contribution in [2.75, 3.05) is 20.1 Å². The Labute approximate surface area is 99.1 Å². The minimum Gasteiger partial charge on any atom is -0.306 e. The molecule has 0 spiro atoms. The van der Waals surface area contributed by atoms with Crippen LogP contribution in [-0.4, -0.2) is 31.3 Å². The van der Waals surface area contributed by atoms with Crippen LogP contribution in [0.5, 0.6) is 0 Å². The highest BCUT2D eigenvalue weighted by molar-refractivity contribution is 5.63. The predicted octanol–water partition coefficient (Wildman–Crippen LogP) is 3.05. The summed E-state index contributed by atoms with van der Waals surface area (Å²) >= 11 is 0. The van der Waals surface area contributed by atoms with Crippen molar-refractivity contribution in [2.24, 2.45) is 10.9 Å². The third-order valence-electron chi connectivity index (χ3n) is 2.76. The second kappa shape index (κ2) is 7.18. The fourth-order valence-corrected chi connectivity index (χ4v) is 1.78. The Hall–Kier alpha value is -1.15. The minimum absolute atomic E-state index is 0.424. The molecule has 0 bridgehead atoms. The largest absolute Gasteiger partial charge is 0.306 e. The first-order valence-corrected chi connectivity index (χ1v) is 5.91. The van der Waals surface area contributed by atoms with Gasteiger partial charge in [-0.15, -0.1) is 0 Å². The number of nitrogens with zero attached hydrogens (tertiary/aromatic N) is 2. The van der Waals surface area contributed by atoms with Crippen LogP contribution in [0.25, 0.3) is 0 Å². The van der Waals surface area contributed by atoms with E-state index in [1.165, 1.54) is 25.9 Å². The van der Waals surface area contributed by atoms with Crippen molar-refractivity contribution < 1.29 is 0 Å². The van der Waals surface area contributed by atoms with Gasteiger partial charge in [0, 0.05) is 31.4 Å². The molecule has 1 aliphatic heterocycles. The number of rotatable bonds is 4. The van der Waals surface area contributed by atoms with Crippen LogP contribution in [-0.2, 0) is 0 Å². The molecular weight excluding hydrogens is 196 g/mol. The van der Waals surface area contributed by atoms with Gasteiger partial charge in [-0.1, -0.05) is 31.2 Å². The van der Waals surface area contributed by atoms with Gasteiger partial charge in [0.05, 0.1) is 0 Å². The Bertz CT molecular complexity index is 290. The van der Waals surface area contributed by atoms with Crippen LogP contribution in [0.1, 0.15) is 19.8 Å². The Kier molecular flexibility index (Phi) is 5.79. The number of likely N-dealkylation sites (tertiary alicyclic amines) is 1. The topological polar surface area (TPSA) is 15.6 Å². The fraction of sp³-hybridized carbons (Fsp3) is 0.500. The number of hydrogen-bond donors (Lipinski definition) is 0. The summed E-state index contributed by atoms with van der Waals surface area (Å²) in [5.41, 5.74) is 1.57. The van der Waals surface area contributed by atoms with Crippen LogP contribution in [0.15, 0.2) is 41.6 Å². The fourth-order valence-electron chi connectivity index (χ4n) is 1.78. The van der Waals surface area contributed by atoms with Gasteiger partial charge in [-0.05, 0) is 26.0 Å². The molecule has 0 aromatic carbocycles. The molecule has 1 heterocycles. The summed E-state index contributed by atoms with van der Waals surface area (Å²) < 4.78 is 0. The monoisotopic (exact) mass is 218 g/mol. The third-order valence-corrected chi connectivity index (χ3v) is 2.76. The first kappa shape index (κ1) is 12.9. The molecule has 0 aromatic rings. The summed E-state index contributed by atoms with van der Waals surface area (Å²) in [4.78, 5) is 6.59. The zero-order valence-corrected chi connectivity index (χ0v) is 10.4. The van der Waals surface area contributed by atoms with Gasteiger partial charge in [0.1, 0.15) is 0 Å². The molecule has 0 radical (unpaired) electrons. The average Bonchev–Trinajstić information content (AvgIpc) is 2.28. The van der Waals surface area contributed by atoms with Gasteiger partial charge >= 0.3 is 0 Å². The van der Waals surface area contributed by atoms with E-state index in [1.54, 1.807) is 17.8 Å². The molecule has 16 heavy (non-hydrogen) atoms. The van der Waals surface area contributed by atoms with E-state index in [0.29, 0.717) is 5.92 Å². The lowest BCUT2D eigenvalue weighted by molar-refractivity contribution is 0.312. The molecule has 1 unspecified atom stereocenters. The molecule has 1 aliphatic rings. The lowest BCUT2D eigenvalue weighted by atomic mass is 10.00. The lowest BCUT2D eigenvalue weighted by Gasteiger charge is -2.24. The van der Waals surface area contributed by atoms with Crippen LogP contribution in [0.4, 0.5) is 0 Å². The van der Waals surface area contributed by atoms with Crippen molar-refractivity contribution >= 4 is 6.21 Å². The van der Waals surface area contributed by atoms with Gasteiger partial charge in [-0.3, -0.25) is 4.99 Å². The molecular formula is C14H22N2. The smallest absolute Gasteiger partial charge is 0.0263 e. The van der Waals surface area contributed by atoms with Crippen molar-refractivity contribution in [1.29, 1.82) is 0 Å². The summed E-state index contributed by atoms with van der Waals surface area (Å²) in [5.74, 6) is 0.424. The van der Waals surface area contributed by atoms with E-state index < -0.39 is 0 Å². The summed E-state index contributed by atoms with van der Waals surface area (Å²) in [7, 11) is 2.18. The maximum absolute atomic E-state index is 4.21.